The lowest BCUT2D eigenvalue weighted by Crippen LogP contribution is -2.49. The molecule has 34 heavy (non-hydrogen) atoms. The molecule has 3 heterocycles. The fraction of sp³-hybridized carbons (Fsp3) is 0.692. The molecular formula is C26H40N4O4. The third-order valence-electron chi connectivity index (χ3n) is 7.29. The van der Waals surface area contributed by atoms with Gasteiger partial charge in [-0.1, -0.05) is 29.8 Å². The van der Waals surface area contributed by atoms with E-state index in [1.54, 1.807) is 4.90 Å². The standard InChI is InChI=1S/C26H40N4O4/c1-20-6-8-21(9-7-20)16-29(18-23-5-3-14-34-23)22-15-24(30(17-22)25(31)19-33-2)26(32)28-12-4-10-27-11-13-28/h6-9,22-24,27H,3-5,10-19H2,1-2H3. The van der Waals surface area contributed by atoms with E-state index >= 15 is 0 Å². The van der Waals surface area contributed by atoms with Crippen LogP contribution in [0.1, 0.15) is 36.8 Å². The number of methoxy groups -OCH3 is 1. The van der Waals surface area contributed by atoms with Crippen LogP contribution in [0.25, 0.3) is 0 Å². The lowest BCUT2D eigenvalue weighted by atomic mass is 10.1. The SMILES string of the molecule is COCC(=O)N1CC(N(Cc2ccc(C)cc2)CC2CCCO2)CC1C(=O)N1CCCNCC1. The Balaban J connectivity index is 1.53. The van der Waals surface area contributed by atoms with E-state index in [0.29, 0.717) is 19.5 Å². The molecule has 0 radical (unpaired) electrons. The monoisotopic (exact) mass is 472 g/mol. The number of nitrogens with zero attached hydrogens (tertiary/aromatic N) is 3. The minimum absolute atomic E-state index is 0.00174. The average molecular weight is 473 g/mol. The van der Waals surface area contributed by atoms with Gasteiger partial charge in [0.25, 0.3) is 0 Å². The zero-order valence-corrected chi connectivity index (χ0v) is 20.7. The molecule has 0 spiro atoms. The second-order valence-electron chi connectivity index (χ2n) is 9.86. The predicted molar refractivity (Wildman–Crippen MR) is 130 cm³/mol. The Hall–Kier alpha value is -2.00. The number of hydrogen-bond donors (Lipinski definition) is 1. The van der Waals surface area contributed by atoms with Crippen molar-refractivity contribution in [2.45, 2.75) is 57.3 Å². The van der Waals surface area contributed by atoms with Crippen LogP contribution in [0.5, 0.6) is 0 Å². The van der Waals surface area contributed by atoms with Crippen molar-refractivity contribution >= 4 is 11.8 Å². The molecule has 2 amide bonds. The first-order valence-electron chi connectivity index (χ1n) is 12.7. The summed E-state index contributed by atoms with van der Waals surface area (Å²) in [6.07, 6.45) is 3.95. The molecule has 3 fully saturated rings. The van der Waals surface area contributed by atoms with Gasteiger partial charge < -0.3 is 24.6 Å². The highest BCUT2D eigenvalue weighted by Crippen LogP contribution is 2.27. The topological polar surface area (TPSA) is 74.4 Å². The summed E-state index contributed by atoms with van der Waals surface area (Å²) in [5.74, 6) is -0.0354. The minimum Gasteiger partial charge on any atom is -0.377 e. The number of amides is 2. The van der Waals surface area contributed by atoms with Crippen LogP contribution in [-0.4, -0.2) is 104 Å². The van der Waals surface area contributed by atoms with Crippen molar-refractivity contribution in [2.24, 2.45) is 0 Å². The van der Waals surface area contributed by atoms with Crippen LogP contribution in [0, 0.1) is 6.92 Å². The molecule has 3 aliphatic rings. The summed E-state index contributed by atoms with van der Waals surface area (Å²) < 4.78 is 11.1. The van der Waals surface area contributed by atoms with Crippen molar-refractivity contribution in [3.8, 4) is 0 Å². The van der Waals surface area contributed by atoms with E-state index in [9.17, 15) is 9.59 Å². The summed E-state index contributed by atoms with van der Waals surface area (Å²) in [4.78, 5) is 32.7. The number of hydrogen-bond acceptors (Lipinski definition) is 6. The maximum atomic E-state index is 13.6. The van der Waals surface area contributed by atoms with Gasteiger partial charge in [0.1, 0.15) is 12.6 Å². The molecule has 3 saturated heterocycles. The molecule has 8 nitrogen and oxygen atoms in total. The number of aryl methyl sites for hydroxylation is 1. The molecule has 1 N–H and O–H groups in total. The highest BCUT2D eigenvalue weighted by molar-refractivity contribution is 5.89. The Labute approximate surface area is 203 Å². The van der Waals surface area contributed by atoms with Crippen LogP contribution in [0.4, 0.5) is 0 Å². The first kappa shape index (κ1) is 25.1. The summed E-state index contributed by atoms with van der Waals surface area (Å²) in [7, 11) is 1.53. The summed E-state index contributed by atoms with van der Waals surface area (Å²) in [6.45, 7) is 8.21. The maximum absolute atomic E-state index is 13.6. The number of likely N-dealkylation sites (tertiary alicyclic amines) is 1. The van der Waals surface area contributed by atoms with Gasteiger partial charge in [0, 0.05) is 59.0 Å². The first-order valence-corrected chi connectivity index (χ1v) is 12.7. The quantitative estimate of drug-likeness (QED) is 0.617. The molecule has 0 bridgehead atoms. The van der Waals surface area contributed by atoms with Gasteiger partial charge in [-0.05, 0) is 44.7 Å². The molecule has 0 aliphatic carbocycles. The van der Waals surface area contributed by atoms with Crippen LogP contribution >= 0.6 is 0 Å². The summed E-state index contributed by atoms with van der Waals surface area (Å²) in [5.41, 5.74) is 2.48. The number of carbonyl (C=O) groups excluding carboxylic acids is 2. The smallest absolute Gasteiger partial charge is 0.249 e. The molecule has 3 unspecified atom stereocenters. The van der Waals surface area contributed by atoms with Gasteiger partial charge in [-0.15, -0.1) is 0 Å². The van der Waals surface area contributed by atoms with E-state index in [-0.39, 0.29) is 30.6 Å². The Morgan fingerprint density at radius 2 is 2.00 bits per heavy atom. The Kier molecular flexibility index (Phi) is 8.94. The molecule has 0 aromatic heterocycles. The number of rotatable bonds is 8. The average Bonchev–Trinajstić information content (AvgIpc) is 3.43. The molecule has 0 saturated carbocycles. The summed E-state index contributed by atoms with van der Waals surface area (Å²) >= 11 is 0. The second-order valence-corrected chi connectivity index (χ2v) is 9.86. The fourth-order valence-electron chi connectivity index (χ4n) is 5.39. The molecule has 188 valence electrons. The normalized spacial score (nSPS) is 25.7. The van der Waals surface area contributed by atoms with Crippen LogP contribution in [0.2, 0.25) is 0 Å². The molecule has 3 aliphatic heterocycles. The fourth-order valence-corrected chi connectivity index (χ4v) is 5.39. The van der Waals surface area contributed by atoms with Gasteiger partial charge in [0.05, 0.1) is 6.10 Å². The molecule has 1 aromatic carbocycles. The van der Waals surface area contributed by atoms with E-state index in [1.807, 2.05) is 4.90 Å². The molecule has 4 rings (SSSR count). The van der Waals surface area contributed by atoms with Gasteiger partial charge in [-0.2, -0.15) is 0 Å². The van der Waals surface area contributed by atoms with Crippen molar-refractivity contribution in [1.82, 2.24) is 20.0 Å². The van der Waals surface area contributed by atoms with Crippen molar-refractivity contribution in [3.05, 3.63) is 35.4 Å². The second kappa shape index (κ2) is 12.1. The van der Waals surface area contributed by atoms with E-state index < -0.39 is 6.04 Å². The molecule has 1 aromatic rings. The number of nitrogens with one attached hydrogen (secondary N) is 1. The Morgan fingerprint density at radius 3 is 2.74 bits per heavy atom. The minimum atomic E-state index is -0.434. The summed E-state index contributed by atoms with van der Waals surface area (Å²) in [5, 5.41) is 3.36. The third kappa shape index (κ3) is 6.36. The van der Waals surface area contributed by atoms with Crippen LogP contribution < -0.4 is 5.32 Å². The Bertz CT molecular complexity index is 804. The van der Waals surface area contributed by atoms with Crippen molar-refractivity contribution in [3.63, 3.8) is 0 Å². The predicted octanol–water partition coefficient (Wildman–Crippen LogP) is 1.41. The third-order valence-corrected chi connectivity index (χ3v) is 7.29. The van der Waals surface area contributed by atoms with Crippen molar-refractivity contribution in [2.75, 3.05) is 59.6 Å². The highest BCUT2D eigenvalue weighted by atomic mass is 16.5. The lowest BCUT2D eigenvalue weighted by molar-refractivity contribution is -0.145. The number of ether oxygens (including phenoxy) is 2. The van der Waals surface area contributed by atoms with E-state index in [4.69, 9.17) is 9.47 Å². The van der Waals surface area contributed by atoms with E-state index in [0.717, 1.165) is 58.6 Å². The zero-order valence-electron chi connectivity index (χ0n) is 20.7. The first-order chi connectivity index (χ1) is 16.5. The number of benzene rings is 1. The highest BCUT2D eigenvalue weighted by Gasteiger charge is 2.43. The summed E-state index contributed by atoms with van der Waals surface area (Å²) in [6, 6.07) is 8.30. The van der Waals surface area contributed by atoms with Crippen LogP contribution in [0.15, 0.2) is 24.3 Å². The largest absolute Gasteiger partial charge is 0.377 e. The van der Waals surface area contributed by atoms with Crippen molar-refractivity contribution in [1.29, 1.82) is 0 Å². The lowest BCUT2D eigenvalue weighted by Gasteiger charge is -2.31. The van der Waals surface area contributed by atoms with Gasteiger partial charge in [0.2, 0.25) is 11.8 Å². The molecular weight excluding hydrogens is 432 g/mol. The molecule has 8 heteroatoms. The molecule has 3 atom stereocenters. The number of carbonyl (C=O) groups is 2. The van der Waals surface area contributed by atoms with E-state index in [2.05, 4.69) is 41.4 Å². The van der Waals surface area contributed by atoms with Gasteiger partial charge >= 0.3 is 0 Å². The van der Waals surface area contributed by atoms with Gasteiger partial charge in [-0.25, -0.2) is 0 Å². The van der Waals surface area contributed by atoms with Crippen LogP contribution in [0.3, 0.4) is 0 Å². The zero-order chi connectivity index (χ0) is 23.9. The van der Waals surface area contributed by atoms with Crippen LogP contribution in [-0.2, 0) is 25.6 Å². The Morgan fingerprint density at radius 1 is 1.18 bits per heavy atom. The maximum Gasteiger partial charge on any atom is 0.249 e. The van der Waals surface area contributed by atoms with Gasteiger partial charge in [-0.3, -0.25) is 14.5 Å². The van der Waals surface area contributed by atoms with Gasteiger partial charge in [0.15, 0.2) is 0 Å². The van der Waals surface area contributed by atoms with E-state index in [1.165, 1.54) is 18.2 Å². The van der Waals surface area contributed by atoms with Crippen molar-refractivity contribution < 1.29 is 19.1 Å².